The number of nitrogens with zero attached hydrogens (tertiary/aromatic N) is 2. The molecule has 4 nitrogen and oxygen atoms in total. The highest BCUT2D eigenvalue weighted by molar-refractivity contribution is 6.24. The molecule has 2 atom stereocenters. The predicted octanol–water partition coefficient (Wildman–Crippen LogP) is 3.63. The first-order chi connectivity index (χ1) is 10.9. The Hall–Kier alpha value is -1.29. The van der Waals surface area contributed by atoms with Crippen LogP contribution < -0.4 is 9.64 Å². The van der Waals surface area contributed by atoms with Gasteiger partial charge in [-0.1, -0.05) is 0 Å². The molecule has 1 heterocycles. The summed E-state index contributed by atoms with van der Waals surface area (Å²) in [4.78, 5) is 19.1. The average Bonchev–Trinajstić information content (AvgIpc) is 2.51. The number of aromatic nitrogens is 1. The first kappa shape index (κ1) is 15.3. The number of carbonyl (C=O) groups is 1. The van der Waals surface area contributed by atoms with Crippen LogP contribution >= 0.6 is 11.6 Å². The number of rotatable bonds is 3. The minimum Gasteiger partial charge on any atom is -0.495 e. The van der Waals surface area contributed by atoms with Gasteiger partial charge in [0.05, 0.1) is 30.6 Å². The monoisotopic (exact) mass is 334 g/mol. The number of carbonyl (C=O) groups excluding carboxylic acids is 1. The number of halogens is 1. The Bertz CT molecular complexity index is 634. The smallest absolute Gasteiger partial charge is 0.233 e. The van der Waals surface area contributed by atoms with E-state index < -0.39 is 0 Å². The summed E-state index contributed by atoms with van der Waals surface area (Å²) < 4.78 is 5.23. The molecule has 0 N–H and O–H groups in total. The second kappa shape index (κ2) is 5.10. The lowest BCUT2D eigenvalue weighted by molar-refractivity contribution is -0.141. The summed E-state index contributed by atoms with van der Waals surface area (Å²) in [5, 5.41) is 0. The summed E-state index contributed by atoms with van der Waals surface area (Å²) in [6.07, 6.45) is 9.63. The van der Waals surface area contributed by atoms with Gasteiger partial charge in [0.2, 0.25) is 5.91 Å². The fourth-order valence-electron chi connectivity index (χ4n) is 5.58. The van der Waals surface area contributed by atoms with E-state index in [4.69, 9.17) is 16.3 Å². The molecule has 5 rings (SSSR count). The van der Waals surface area contributed by atoms with Gasteiger partial charge in [0.25, 0.3) is 0 Å². The van der Waals surface area contributed by atoms with Gasteiger partial charge < -0.3 is 9.64 Å². The molecule has 2 unspecified atom stereocenters. The van der Waals surface area contributed by atoms with Crippen LogP contribution in [0.3, 0.4) is 0 Å². The topological polar surface area (TPSA) is 42.4 Å². The van der Waals surface area contributed by atoms with Gasteiger partial charge in [-0.2, -0.15) is 0 Å². The van der Waals surface area contributed by atoms with Gasteiger partial charge in [0.1, 0.15) is 5.75 Å². The van der Waals surface area contributed by atoms with E-state index >= 15 is 0 Å². The molecule has 4 aliphatic rings. The highest BCUT2D eigenvalue weighted by Gasteiger charge is 2.60. The third-order valence-electron chi connectivity index (χ3n) is 6.07. The molecule has 23 heavy (non-hydrogen) atoms. The molecule has 1 amide bonds. The first-order valence-electron chi connectivity index (χ1n) is 8.39. The van der Waals surface area contributed by atoms with Crippen molar-refractivity contribution >= 4 is 23.2 Å². The van der Waals surface area contributed by atoms with Crippen LogP contribution in [0.25, 0.3) is 0 Å². The fraction of sp³-hybridized carbons (Fsp3) is 0.667. The van der Waals surface area contributed by atoms with Gasteiger partial charge in [-0.3, -0.25) is 9.78 Å². The summed E-state index contributed by atoms with van der Waals surface area (Å²) in [6, 6.07) is 1.86. The van der Waals surface area contributed by atoms with Gasteiger partial charge in [0, 0.05) is 18.0 Å². The number of pyridine rings is 1. The Labute approximate surface area is 142 Å². The van der Waals surface area contributed by atoms with Crippen molar-refractivity contribution in [2.24, 2.45) is 17.3 Å². The molecule has 4 fully saturated rings. The Morgan fingerprint density at radius 1 is 1.30 bits per heavy atom. The number of methoxy groups -OCH3 is 1. The van der Waals surface area contributed by atoms with E-state index in [1.807, 2.05) is 13.1 Å². The predicted molar refractivity (Wildman–Crippen MR) is 89.9 cm³/mol. The van der Waals surface area contributed by atoms with Crippen molar-refractivity contribution < 1.29 is 9.53 Å². The van der Waals surface area contributed by atoms with Crippen molar-refractivity contribution in [3.8, 4) is 5.75 Å². The number of hydrogen-bond acceptors (Lipinski definition) is 3. The van der Waals surface area contributed by atoms with Crippen LogP contribution in [0.5, 0.6) is 5.75 Å². The second-order valence-electron chi connectivity index (χ2n) is 7.84. The zero-order valence-electron chi connectivity index (χ0n) is 13.7. The lowest BCUT2D eigenvalue weighted by Crippen LogP contribution is -2.58. The lowest BCUT2D eigenvalue weighted by Gasteiger charge is -2.59. The summed E-state index contributed by atoms with van der Waals surface area (Å²) >= 11 is 6.86. The van der Waals surface area contributed by atoms with Crippen LogP contribution in [0, 0.1) is 17.3 Å². The maximum Gasteiger partial charge on any atom is 0.233 e. The number of anilines is 1. The molecule has 1 aromatic rings. The van der Waals surface area contributed by atoms with Crippen molar-refractivity contribution in [2.45, 2.75) is 43.4 Å². The van der Waals surface area contributed by atoms with Crippen molar-refractivity contribution in [2.75, 3.05) is 19.1 Å². The van der Waals surface area contributed by atoms with E-state index in [1.54, 1.807) is 24.4 Å². The standard InChI is InChI=1S/C18H23ClN2O2/c1-21(14-4-15(23-2)10-20-9-14)16(22)17-5-12-3-13(6-17)8-18(19,7-12)11-17/h4,9-10,12-13H,3,5-8,11H2,1-2H3. The van der Waals surface area contributed by atoms with Crippen LogP contribution in [0.15, 0.2) is 18.5 Å². The molecule has 124 valence electrons. The first-order valence-corrected chi connectivity index (χ1v) is 8.77. The van der Waals surface area contributed by atoms with E-state index in [9.17, 15) is 4.79 Å². The van der Waals surface area contributed by atoms with Gasteiger partial charge >= 0.3 is 0 Å². The molecule has 4 bridgehead atoms. The number of hydrogen-bond donors (Lipinski definition) is 0. The molecular formula is C18H23ClN2O2. The van der Waals surface area contributed by atoms with Crippen LogP contribution in [-0.4, -0.2) is 29.9 Å². The van der Waals surface area contributed by atoms with E-state index in [-0.39, 0.29) is 16.2 Å². The Balaban J connectivity index is 1.63. The second-order valence-corrected chi connectivity index (χ2v) is 8.64. The van der Waals surface area contributed by atoms with Gasteiger partial charge in [0.15, 0.2) is 0 Å². The summed E-state index contributed by atoms with van der Waals surface area (Å²) in [5.74, 6) is 2.11. The molecule has 4 aliphatic carbocycles. The average molecular weight is 335 g/mol. The van der Waals surface area contributed by atoms with Gasteiger partial charge in [-0.05, 0) is 50.4 Å². The Morgan fingerprint density at radius 2 is 2.00 bits per heavy atom. The van der Waals surface area contributed by atoms with Crippen LogP contribution in [-0.2, 0) is 4.79 Å². The zero-order chi connectivity index (χ0) is 16.2. The maximum absolute atomic E-state index is 13.3. The third-order valence-corrected chi connectivity index (χ3v) is 6.51. The zero-order valence-corrected chi connectivity index (χ0v) is 14.5. The highest BCUT2D eigenvalue weighted by Crippen LogP contribution is 2.64. The van der Waals surface area contributed by atoms with E-state index in [0.29, 0.717) is 17.6 Å². The van der Waals surface area contributed by atoms with E-state index in [2.05, 4.69) is 4.98 Å². The van der Waals surface area contributed by atoms with Gasteiger partial charge in [-0.25, -0.2) is 0 Å². The van der Waals surface area contributed by atoms with Crippen LogP contribution in [0.2, 0.25) is 0 Å². The molecule has 0 spiro atoms. The van der Waals surface area contributed by atoms with E-state index in [0.717, 1.165) is 37.8 Å². The minimum atomic E-state index is -0.274. The third kappa shape index (κ3) is 2.42. The molecule has 0 saturated heterocycles. The molecular weight excluding hydrogens is 312 g/mol. The van der Waals surface area contributed by atoms with Crippen LogP contribution in [0.4, 0.5) is 5.69 Å². The molecule has 1 aromatic heterocycles. The molecule has 0 radical (unpaired) electrons. The van der Waals surface area contributed by atoms with Crippen molar-refractivity contribution in [3.63, 3.8) is 0 Å². The highest BCUT2D eigenvalue weighted by atomic mass is 35.5. The maximum atomic E-state index is 13.3. The lowest BCUT2D eigenvalue weighted by atomic mass is 9.49. The SMILES string of the molecule is COc1cncc(N(C)C(=O)C23CC4CC(CC(Cl)(C4)C2)C3)c1. The van der Waals surface area contributed by atoms with E-state index in [1.165, 1.54) is 6.42 Å². The Morgan fingerprint density at radius 3 is 2.61 bits per heavy atom. The summed E-state index contributed by atoms with van der Waals surface area (Å²) in [5.41, 5.74) is 0.512. The normalized spacial score (nSPS) is 37.7. The fourth-order valence-corrected chi connectivity index (χ4v) is 6.27. The quantitative estimate of drug-likeness (QED) is 0.793. The molecule has 0 aromatic carbocycles. The minimum absolute atomic E-state index is 0.146. The number of ether oxygens (including phenoxy) is 1. The van der Waals surface area contributed by atoms with Crippen molar-refractivity contribution in [1.29, 1.82) is 0 Å². The van der Waals surface area contributed by atoms with Crippen LogP contribution in [0.1, 0.15) is 38.5 Å². The molecule has 4 saturated carbocycles. The summed E-state index contributed by atoms with van der Waals surface area (Å²) in [7, 11) is 3.46. The number of alkyl halides is 1. The molecule has 5 heteroatoms. The van der Waals surface area contributed by atoms with Gasteiger partial charge in [-0.15, -0.1) is 11.6 Å². The molecule has 0 aliphatic heterocycles. The Kier molecular flexibility index (Phi) is 3.38. The van der Waals surface area contributed by atoms with Crippen molar-refractivity contribution in [1.82, 2.24) is 4.98 Å². The summed E-state index contributed by atoms with van der Waals surface area (Å²) in [6.45, 7) is 0. The largest absolute Gasteiger partial charge is 0.495 e. The van der Waals surface area contributed by atoms with Crippen molar-refractivity contribution in [3.05, 3.63) is 18.5 Å². The number of amides is 1.